The Labute approximate surface area is 114 Å². The molecule has 106 valence electrons. The van der Waals surface area contributed by atoms with E-state index in [9.17, 15) is 4.79 Å². The summed E-state index contributed by atoms with van der Waals surface area (Å²) in [7, 11) is 0. The van der Waals surface area contributed by atoms with Gasteiger partial charge in [-0.25, -0.2) is 0 Å². The van der Waals surface area contributed by atoms with Gasteiger partial charge in [0.15, 0.2) is 0 Å². The quantitative estimate of drug-likeness (QED) is 0.863. The Kier molecular flexibility index (Phi) is 3.94. The van der Waals surface area contributed by atoms with Gasteiger partial charge in [0, 0.05) is 12.7 Å². The number of primary amides is 1. The van der Waals surface area contributed by atoms with Gasteiger partial charge >= 0.3 is 0 Å². The molecule has 19 heavy (non-hydrogen) atoms. The fraction of sp³-hybridized carbons (Fsp3) is 0.714. The van der Waals surface area contributed by atoms with Crippen LogP contribution in [0.15, 0.2) is 6.20 Å². The maximum Gasteiger partial charge on any atom is 0.239 e. The summed E-state index contributed by atoms with van der Waals surface area (Å²) in [4.78, 5) is 11.0. The molecule has 0 aliphatic heterocycles. The van der Waals surface area contributed by atoms with Gasteiger partial charge in [0.05, 0.1) is 11.7 Å². The van der Waals surface area contributed by atoms with Crippen LogP contribution in [-0.2, 0) is 17.8 Å². The topological polar surface area (TPSA) is 72.9 Å². The number of amides is 1. The minimum atomic E-state index is -0.348. The molecule has 1 aromatic rings. The summed E-state index contributed by atoms with van der Waals surface area (Å²) in [5, 5.41) is 8.12. The van der Waals surface area contributed by atoms with E-state index < -0.39 is 0 Å². The highest BCUT2D eigenvalue weighted by atomic mass is 16.1. The Morgan fingerprint density at radius 2 is 2.32 bits per heavy atom. The van der Waals surface area contributed by atoms with Crippen molar-refractivity contribution in [2.45, 2.75) is 52.6 Å². The smallest absolute Gasteiger partial charge is 0.239 e. The SMILES string of the molecule is CC(C)(C)CNC1CCCc2cn(CC(N)=O)nc21. The van der Waals surface area contributed by atoms with Gasteiger partial charge in [-0.2, -0.15) is 5.10 Å². The van der Waals surface area contributed by atoms with E-state index in [1.807, 2.05) is 6.20 Å². The molecule has 0 saturated heterocycles. The van der Waals surface area contributed by atoms with Gasteiger partial charge in [0.1, 0.15) is 6.54 Å². The minimum absolute atomic E-state index is 0.166. The fourth-order valence-corrected chi connectivity index (χ4v) is 2.47. The van der Waals surface area contributed by atoms with Crippen LogP contribution in [0.1, 0.15) is 50.9 Å². The van der Waals surface area contributed by atoms with Crippen molar-refractivity contribution in [3.05, 3.63) is 17.5 Å². The second-order valence-corrected chi connectivity index (χ2v) is 6.59. The number of aromatic nitrogens is 2. The van der Waals surface area contributed by atoms with Gasteiger partial charge in [-0.3, -0.25) is 9.48 Å². The molecule has 3 N–H and O–H groups in total. The van der Waals surface area contributed by atoms with Crippen LogP contribution >= 0.6 is 0 Å². The lowest BCUT2D eigenvalue weighted by Crippen LogP contribution is -2.32. The van der Waals surface area contributed by atoms with Gasteiger partial charge in [0.2, 0.25) is 5.91 Å². The lowest BCUT2D eigenvalue weighted by atomic mass is 9.91. The Morgan fingerprint density at radius 1 is 1.58 bits per heavy atom. The number of fused-ring (bicyclic) bond motifs is 1. The van der Waals surface area contributed by atoms with Gasteiger partial charge in [-0.05, 0) is 30.2 Å². The standard InChI is InChI=1S/C14H24N4O/c1-14(2,3)9-16-11-6-4-5-10-7-18(8-12(15)19)17-13(10)11/h7,11,16H,4-6,8-9H2,1-3H3,(H2,15,19). The molecule has 1 aliphatic rings. The zero-order valence-electron chi connectivity index (χ0n) is 12.1. The fourth-order valence-electron chi connectivity index (χ4n) is 2.47. The maximum atomic E-state index is 11.0. The number of hydrogen-bond donors (Lipinski definition) is 2. The van der Waals surface area contributed by atoms with E-state index in [0.717, 1.165) is 31.5 Å². The lowest BCUT2D eigenvalue weighted by molar-refractivity contribution is -0.118. The summed E-state index contributed by atoms with van der Waals surface area (Å²) < 4.78 is 1.67. The zero-order valence-corrected chi connectivity index (χ0v) is 12.1. The minimum Gasteiger partial charge on any atom is -0.368 e. The van der Waals surface area contributed by atoms with E-state index in [2.05, 4.69) is 31.2 Å². The summed E-state index contributed by atoms with van der Waals surface area (Å²) >= 11 is 0. The summed E-state index contributed by atoms with van der Waals surface area (Å²) in [6, 6.07) is 0.303. The van der Waals surface area contributed by atoms with Gasteiger partial charge in [0.25, 0.3) is 0 Å². The first-order valence-corrected chi connectivity index (χ1v) is 6.93. The van der Waals surface area contributed by atoms with Crippen molar-refractivity contribution >= 4 is 5.91 Å². The normalized spacial score (nSPS) is 19.2. The van der Waals surface area contributed by atoms with Crippen LogP contribution in [0, 0.1) is 5.41 Å². The molecule has 1 heterocycles. The average Bonchev–Trinajstić information content (AvgIpc) is 2.66. The van der Waals surface area contributed by atoms with Crippen molar-refractivity contribution in [2.24, 2.45) is 11.1 Å². The Morgan fingerprint density at radius 3 is 2.95 bits per heavy atom. The first kappa shape index (κ1) is 14.1. The van der Waals surface area contributed by atoms with Crippen molar-refractivity contribution in [3.8, 4) is 0 Å². The Balaban J connectivity index is 2.10. The number of nitrogens with one attached hydrogen (secondary N) is 1. The third kappa shape index (κ3) is 3.80. The molecule has 0 radical (unpaired) electrons. The average molecular weight is 264 g/mol. The molecule has 1 aromatic heterocycles. The van der Waals surface area contributed by atoms with E-state index in [4.69, 9.17) is 5.73 Å². The van der Waals surface area contributed by atoms with Crippen molar-refractivity contribution in [1.82, 2.24) is 15.1 Å². The largest absolute Gasteiger partial charge is 0.368 e. The molecule has 1 unspecified atom stereocenters. The number of nitrogens with two attached hydrogens (primary N) is 1. The highest BCUT2D eigenvalue weighted by molar-refractivity contribution is 5.73. The van der Waals surface area contributed by atoms with Gasteiger partial charge < -0.3 is 11.1 Å². The molecule has 5 heteroatoms. The third-order valence-electron chi connectivity index (χ3n) is 3.34. The molecule has 0 fully saturated rings. The van der Waals surface area contributed by atoms with E-state index in [0.29, 0.717) is 6.04 Å². The monoisotopic (exact) mass is 264 g/mol. The maximum absolute atomic E-state index is 11.0. The number of carbonyl (C=O) groups excluding carboxylic acids is 1. The third-order valence-corrected chi connectivity index (χ3v) is 3.34. The van der Waals surface area contributed by atoms with Crippen LogP contribution in [0.25, 0.3) is 0 Å². The van der Waals surface area contributed by atoms with Crippen LogP contribution in [0.2, 0.25) is 0 Å². The highest BCUT2D eigenvalue weighted by Gasteiger charge is 2.25. The van der Waals surface area contributed by atoms with Gasteiger partial charge in [-0.1, -0.05) is 20.8 Å². The van der Waals surface area contributed by atoms with E-state index >= 15 is 0 Å². The van der Waals surface area contributed by atoms with Crippen LogP contribution in [0.3, 0.4) is 0 Å². The molecular formula is C14H24N4O. The molecule has 5 nitrogen and oxygen atoms in total. The van der Waals surface area contributed by atoms with Crippen LogP contribution in [0.5, 0.6) is 0 Å². The predicted octanol–water partition coefficient (Wildman–Crippen LogP) is 1.38. The van der Waals surface area contributed by atoms with Crippen LogP contribution in [-0.4, -0.2) is 22.2 Å². The van der Waals surface area contributed by atoms with Crippen molar-refractivity contribution in [3.63, 3.8) is 0 Å². The van der Waals surface area contributed by atoms with E-state index in [1.54, 1.807) is 4.68 Å². The molecule has 1 amide bonds. The molecule has 1 aliphatic carbocycles. The van der Waals surface area contributed by atoms with E-state index in [1.165, 1.54) is 5.56 Å². The Bertz CT molecular complexity index is 459. The summed E-state index contributed by atoms with van der Waals surface area (Å²) in [6.07, 6.45) is 5.28. The van der Waals surface area contributed by atoms with Gasteiger partial charge in [-0.15, -0.1) is 0 Å². The molecule has 0 aromatic carbocycles. The first-order valence-electron chi connectivity index (χ1n) is 6.93. The molecular weight excluding hydrogens is 240 g/mol. The van der Waals surface area contributed by atoms with E-state index in [-0.39, 0.29) is 17.9 Å². The summed E-state index contributed by atoms with van der Waals surface area (Å²) in [5.74, 6) is -0.348. The Hall–Kier alpha value is -1.36. The molecule has 1 atom stereocenters. The molecule has 0 spiro atoms. The first-order chi connectivity index (χ1) is 8.85. The summed E-state index contributed by atoms with van der Waals surface area (Å²) in [5.41, 5.74) is 7.82. The van der Waals surface area contributed by atoms with Crippen molar-refractivity contribution in [1.29, 1.82) is 0 Å². The zero-order chi connectivity index (χ0) is 14.0. The van der Waals surface area contributed by atoms with Crippen LogP contribution < -0.4 is 11.1 Å². The summed E-state index contributed by atoms with van der Waals surface area (Å²) in [6.45, 7) is 7.78. The number of nitrogens with zero attached hydrogens (tertiary/aromatic N) is 2. The number of hydrogen-bond acceptors (Lipinski definition) is 3. The van der Waals surface area contributed by atoms with Crippen molar-refractivity contribution < 1.29 is 4.79 Å². The van der Waals surface area contributed by atoms with Crippen LogP contribution in [0.4, 0.5) is 0 Å². The lowest BCUT2D eigenvalue weighted by Gasteiger charge is -2.27. The number of aryl methyl sites for hydroxylation is 1. The second-order valence-electron chi connectivity index (χ2n) is 6.59. The van der Waals surface area contributed by atoms with Crippen molar-refractivity contribution in [2.75, 3.05) is 6.54 Å². The molecule has 0 bridgehead atoms. The molecule has 0 saturated carbocycles. The number of carbonyl (C=O) groups is 1. The second kappa shape index (κ2) is 5.33. The number of rotatable bonds is 4. The highest BCUT2D eigenvalue weighted by Crippen LogP contribution is 2.29. The predicted molar refractivity (Wildman–Crippen MR) is 74.6 cm³/mol. The molecule has 2 rings (SSSR count).